The van der Waals surface area contributed by atoms with Crippen LogP contribution in [0.25, 0.3) is 0 Å². The minimum Gasteiger partial charge on any atom is -0.477 e. The molecule has 122 valence electrons. The van der Waals surface area contributed by atoms with E-state index in [1.165, 1.54) is 30.3 Å². The van der Waals surface area contributed by atoms with Crippen LogP contribution in [0, 0.1) is 0 Å². The number of carbonyl (C=O) groups is 2. The van der Waals surface area contributed by atoms with Crippen molar-refractivity contribution in [2.24, 2.45) is 0 Å². The van der Waals surface area contributed by atoms with Crippen molar-refractivity contribution < 1.29 is 45.8 Å². The highest BCUT2D eigenvalue weighted by Crippen LogP contribution is 2.46. The van der Waals surface area contributed by atoms with Crippen LogP contribution in [0.15, 0.2) is 30.3 Å². The summed E-state index contributed by atoms with van der Waals surface area (Å²) in [4.78, 5) is 21.0. The zero-order valence-corrected chi connectivity index (χ0v) is 10.5. The average Bonchev–Trinajstić information content (AvgIpc) is 2.45. The summed E-state index contributed by atoms with van der Waals surface area (Å²) >= 11 is 0. The second-order valence-corrected chi connectivity index (χ2v) is 4.09. The Hall–Kier alpha value is -2.26. The third-order valence-corrected chi connectivity index (χ3v) is 2.53. The molecule has 0 fully saturated rings. The number of ether oxygens (including phenoxy) is 1. The van der Waals surface area contributed by atoms with Crippen LogP contribution in [-0.2, 0) is 20.9 Å². The molecule has 1 aromatic carbocycles. The third-order valence-electron chi connectivity index (χ3n) is 2.53. The van der Waals surface area contributed by atoms with Gasteiger partial charge in [-0.2, -0.15) is 26.3 Å². The number of hydrogen-bond donors (Lipinski definition) is 1. The van der Waals surface area contributed by atoms with Crippen molar-refractivity contribution >= 4 is 11.9 Å². The van der Waals surface area contributed by atoms with Crippen molar-refractivity contribution in [1.29, 1.82) is 0 Å². The molecule has 1 rings (SSSR count). The summed E-state index contributed by atoms with van der Waals surface area (Å²) in [5, 5.41) is 7.91. The van der Waals surface area contributed by atoms with Gasteiger partial charge in [0.05, 0.1) is 0 Å². The molecule has 0 bridgehead atoms. The lowest BCUT2D eigenvalue weighted by atomic mass is 10.0. The summed E-state index contributed by atoms with van der Waals surface area (Å²) in [6.45, 7) is -0.871. The Kier molecular flexibility index (Phi) is 4.73. The molecule has 1 N–H and O–H groups in total. The van der Waals surface area contributed by atoms with Gasteiger partial charge in [-0.3, -0.25) is 0 Å². The molecule has 0 aliphatic carbocycles. The van der Waals surface area contributed by atoms with E-state index < -0.39 is 36.3 Å². The Morgan fingerprint density at radius 2 is 1.45 bits per heavy atom. The van der Waals surface area contributed by atoms with Gasteiger partial charge in [-0.25, -0.2) is 9.59 Å². The maximum absolute atomic E-state index is 13.2. The van der Waals surface area contributed by atoms with E-state index in [4.69, 9.17) is 5.11 Å². The zero-order valence-electron chi connectivity index (χ0n) is 10.5. The number of carboxylic acids is 1. The van der Waals surface area contributed by atoms with Crippen molar-refractivity contribution in [1.82, 2.24) is 0 Å². The van der Waals surface area contributed by atoms with Gasteiger partial charge >= 0.3 is 29.7 Å². The van der Waals surface area contributed by atoms with E-state index in [2.05, 4.69) is 4.74 Å². The molecule has 0 saturated carbocycles. The molecular weight excluding hydrogens is 322 g/mol. The summed E-state index contributed by atoms with van der Waals surface area (Å²) in [5.41, 5.74) is 0.139. The summed E-state index contributed by atoms with van der Waals surface area (Å²) in [6, 6.07) is 6.98. The highest BCUT2D eigenvalue weighted by Gasteiger charge is 2.79. The van der Waals surface area contributed by atoms with E-state index in [1.54, 1.807) is 0 Å². The van der Waals surface area contributed by atoms with Crippen LogP contribution >= 0.6 is 0 Å². The summed E-state index contributed by atoms with van der Waals surface area (Å²) in [6.07, 6.45) is 0. The molecular formula is C12H8F6O4. The number of benzene rings is 1. The monoisotopic (exact) mass is 330 g/mol. The Labute approximate surface area is 119 Å². The van der Waals surface area contributed by atoms with Crippen LogP contribution < -0.4 is 0 Å². The lowest BCUT2D eigenvalue weighted by molar-refractivity contribution is -0.300. The number of rotatable bonds is 6. The van der Waals surface area contributed by atoms with Crippen LogP contribution in [0.2, 0.25) is 0 Å². The van der Waals surface area contributed by atoms with Crippen molar-refractivity contribution in [3.63, 3.8) is 0 Å². The molecule has 0 saturated heterocycles. The van der Waals surface area contributed by atoms with Crippen LogP contribution in [0.3, 0.4) is 0 Å². The summed E-state index contributed by atoms with van der Waals surface area (Å²) < 4.78 is 81.7. The number of esters is 1. The maximum atomic E-state index is 13.2. The van der Waals surface area contributed by atoms with Crippen LogP contribution in [0.5, 0.6) is 0 Å². The van der Waals surface area contributed by atoms with E-state index in [0.717, 1.165) is 0 Å². The Morgan fingerprint density at radius 1 is 0.955 bits per heavy atom. The first-order valence-corrected chi connectivity index (χ1v) is 5.52. The number of alkyl halides is 6. The maximum Gasteiger partial charge on any atom is 0.411 e. The van der Waals surface area contributed by atoms with E-state index in [0.29, 0.717) is 0 Å². The van der Waals surface area contributed by atoms with Crippen molar-refractivity contribution in [3.8, 4) is 0 Å². The number of halogens is 6. The Morgan fingerprint density at radius 3 is 1.91 bits per heavy atom. The largest absolute Gasteiger partial charge is 0.477 e. The van der Waals surface area contributed by atoms with Crippen LogP contribution in [0.4, 0.5) is 26.3 Å². The van der Waals surface area contributed by atoms with Gasteiger partial charge in [0.15, 0.2) is 0 Å². The fraction of sp³-hybridized carbons (Fsp3) is 0.333. The minimum atomic E-state index is -6.46. The molecule has 0 aromatic heterocycles. The standard InChI is InChI=1S/C12H8F6O4/c13-10(14,8(19)20)12(17,18)11(15,16)9(21)22-6-7-4-2-1-3-5-7/h1-5H,6H2,(H,19,20). The molecule has 0 unspecified atom stereocenters. The van der Waals surface area contributed by atoms with Crippen LogP contribution in [-0.4, -0.2) is 34.8 Å². The smallest absolute Gasteiger partial charge is 0.411 e. The number of carbonyl (C=O) groups excluding carboxylic acids is 1. The molecule has 0 heterocycles. The molecule has 0 aliphatic rings. The van der Waals surface area contributed by atoms with Gasteiger partial charge in [0, 0.05) is 0 Å². The number of aliphatic carboxylic acids is 1. The first-order valence-electron chi connectivity index (χ1n) is 5.52. The molecule has 0 amide bonds. The van der Waals surface area contributed by atoms with E-state index >= 15 is 0 Å². The van der Waals surface area contributed by atoms with E-state index in [9.17, 15) is 35.9 Å². The molecule has 10 heteroatoms. The molecule has 0 radical (unpaired) electrons. The van der Waals surface area contributed by atoms with Crippen molar-refractivity contribution in [2.75, 3.05) is 0 Å². The zero-order chi connectivity index (χ0) is 17.2. The molecule has 1 aromatic rings. The van der Waals surface area contributed by atoms with Gasteiger partial charge in [0.25, 0.3) is 0 Å². The fourth-order valence-corrected chi connectivity index (χ4v) is 1.27. The molecule has 0 atom stereocenters. The fourth-order valence-electron chi connectivity index (χ4n) is 1.27. The predicted octanol–water partition coefficient (Wildman–Crippen LogP) is 2.72. The molecule has 0 spiro atoms. The Bertz CT molecular complexity index is 558. The minimum absolute atomic E-state index is 0.139. The van der Waals surface area contributed by atoms with Gasteiger partial charge < -0.3 is 9.84 Å². The van der Waals surface area contributed by atoms with E-state index in [1.807, 2.05) is 0 Å². The highest BCUT2D eigenvalue weighted by atomic mass is 19.3. The van der Waals surface area contributed by atoms with Crippen molar-refractivity contribution in [2.45, 2.75) is 24.4 Å². The average molecular weight is 330 g/mol. The van der Waals surface area contributed by atoms with Gasteiger partial charge in [-0.1, -0.05) is 30.3 Å². The first-order chi connectivity index (χ1) is 9.94. The predicted molar refractivity (Wildman–Crippen MR) is 58.7 cm³/mol. The molecule has 4 nitrogen and oxygen atoms in total. The van der Waals surface area contributed by atoms with Crippen LogP contribution in [0.1, 0.15) is 5.56 Å². The third kappa shape index (κ3) is 3.00. The van der Waals surface area contributed by atoms with Gasteiger partial charge in [-0.15, -0.1) is 0 Å². The molecule has 0 aliphatic heterocycles. The topological polar surface area (TPSA) is 63.6 Å². The Balaban J connectivity index is 2.92. The van der Waals surface area contributed by atoms with Gasteiger partial charge in [0.2, 0.25) is 0 Å². The highest BCUT2D eigenvalue weighted by molar-refractivity contribution is 5.83. The van der Waals surface area contributed by atoms with Gasteiger partial charge in [-0.05, 0) is 5.56 Å². The lowest BCUT2D eigenvalue weighted by Gasteiger charge is -2.28. The molecule has 22 heavy (non-hydrogen) atoms. The lowest BCUT2D eigenvalue weighted by Crippen LogP contribution is -2.61. The van der Waals surface area contributed by atoms with Crippen molar-refractivity contribution in [3.05, 3.63) is 35.9 Å². The quantitative estimate of drug-likeness (QED) is 0.643. The number of carboxylic acid groups (broad SMARTS) is 1. The first kappa shape index (κ1) is 17.8. The summed E-state index contributed by atoms with van der Waals surface area (Å²) in [7, 11) is 0. The SMILES string of the molecule is O=C(O)C(F)(F)C(F)(F)C(F)(F)C(=O)OCc1ccccc1. The van der Waals surface area contributed by atoms with E-state index in [-0.39, 0.29) is 5.56 Å². The second kappa shape index (κ2) is 5.85. The summed E-state index contributed by atoms with van der Waals surface area (Å²) in [5.74, 6) is -25.1. The number of hydrogen-bond acceptors (Lipinski definition) is 3. The van der Waals surface area contributed by atoms with Gasteiger partial charge in [0.1, 0.15) is 6.61 Å². The second-order valence-electron chi connectivity index (χ2n) is 4.09. The normalized spacial score (nSPS) is 12.8.